The van der Waals surface area contributed by atoms with Gasteiger partial charge in [0, 0.05) is 5.54 Å². The van der Waals surface area contributed by atoms with Gasteiger partial charge >= 0.3 is 0 Å². The van der Waals surface area contributed by atoms with Crippen molar-refractivity contribution in [3.8, 4) is 0 Å². The Hall–Kier alpha value is -1.67. The number of hydrogen-bond donors (Lipinski definition) is 1. The van der Waals surface area contributed by atoms with Crippen molar-refractivity contribution in [2.45, 2.75) is 37.6 Å². The van der Waals surface area contributed by atoms with Crippen LogP contribution in [0.4, 0.5) is 4.39 Å². The zero-order valence-corrected chi connectivity index (χ0v) is 11.8. The summed E-state index contributed by atoms with van der Waals surface area (Å²) in [6.45, 7) is 2.26. The van der Waals surface area contributed by atoms with Gasteiger partial charge in [-0.15, -0.1) is 0 Å². The predicted molar refractivity (Wildman–Crippen MR) is 80.1 cm³/mol. The molecular weight excluding hydrogens is 249 g/mol. The van der Waals surface area contributed by atoms with E-state index >= 15 is 0 Å². The van der Waals surface area contributed by atoms with Crippen molar-refractivity contribution >= 4 is 0 Å². The van der Waals surface area contributed by atoms with E-state index in [2.05, 4.69) is 31.2 Å². The monoisotopic (exact) mass is 269 g/mol. The van der Waals surface area contributed by atoms with Crippen LogP contribution in [-0.2, 0) is 12.0 Å². The number of nitrogens with two attached hydrogens (primary N) is 1. The minimum Gasteiger partial charge on any atom is -0.321 e. The average molecular weight is 269 g/mol. The number of fused-ring (bicyclic) bond motifs is 1. The first-order valence-electron chi connectivity index (χ1n) is 7.21. The van der Waals surface area contributed by atoms with Crippen LogP contribution in [0, 0.1) is 5.82 Å². The molecule has 0 bridgehead atoms. The molecule has 3 rings (SSSR count). The minimum atomic E-state index is -0.332. The lowest BCUT2D eigenvalue weighted by atomic mass is 9.70. The number of rotatable bonds is 2. The van der Waals surface area contributed by atoms with E-state index in [4.69, 9.17) is 5.73 Å². The molecule has 2 aromatic carbocycles. The fourth-order valence-corrected chi connectivity index (χ4v) is 3.29. The molecule has 0 saturated heterocycles. The Bertz CT molecular complexity index is 605. The molecule has 20 heavy (non-hydrogen) atoms. The molecule has 2 N–H and O–H groups in total. The van der Waals surface area contributed by atoms with Crippen LogP contribution < -0.4 is 5.73 Å². The Labute approximate surface area is 119 Å². The van der Waals surface area contributed by atoms with Gasteiger partial charge in [-0.25, -0.2) is 4.39 Å². The maximum atomic E-state index is 13.0. The van der Waals surface area contributed by atoms with Crippen molar-refractivity contribution in [1.82, 2.24) is 0 Å². The van der Waals surface area contributed by atoms with Gasteiger partial charge < -0.3 is 5.73 Å². The van der Waals surface area contributed by atoms with Crippen LogP contribution in [0.25, 0.3) is 0 Å². The Morgan fingerprint density at radius 3 is 2.60 bits per heavy atom. The average Bonchev–Trinajstić information content (AvgIpc) is 2.46. The number of hydrogen-bond acceptors (Lipinski definition) is 1. The fraction of sp³-hybridized carbons (Fsp3) is 0.333. The molecule has 0 fully saturated rings. The molecule has 2 unspecified atom stereocenters. The van der Waals surface area contributed by atoms with Crippen molar-refractivity contribution < 1.29 is 4.39 Å². The van der Waals surface area contributed by atoms with Crippen LogP contribution in [0.1, 0.15) is 42.4 Å². The lowest BCUT2D eigenvalue weighted by Crippen LogP contribution is -2.42. The quantitative estimate of drug-likeness (QED) is 0.872. The third kappa shape index (κ3) is 2.36. The zero-order valence-electron chi connectivity index (χ0n) is 11.8. The van der Waals surface area contributed by atoms with E-state index in [9.17, 15) is 4.39 Å². The van der Waals surface area contributed by atoms with E-state index < -0.39 is 0 Å². The van der Waals surface area contributed by atoms with Gasteiger partial charge in [0.1, 0.15) is 5.82 Å². The predicted octanol–water partition coefficient (Wildman–Crippen LogP) is 4.12. The Kier molecular flexibility index (Phi) is 3.35. The van der Waals surface area contributed by atoms with Gasteiger partial charge in [-0.05, 0) is 54.0 Å². The number of benzene rings is 2. The van der Waals surface area contributed by atoms with Crippen molar-refractivity contribution in [3.05, 3.63) is 71.0 Å². The summed E-state index contributed by atoms with van der Waals surface area (Å²) >= 11 is 0. The van der Waals surface area contributed by atoms with E-state index in [0.717, 1.165) is 24.8 Å². The molecular formula is C18H20FN. The Balaban J connectivity index is 1.96. The summed E-state index contributed by atoms with van der Waals surface area (Å²) in [5.41, 5.74) is 10.1. The molecule has 1 aliphatic rings. The summed E-state index contributed by atoms with van der Waals surface area (Å²) in [5, 5.41) is 0. The molecule has 2 heteroatoms. The second-order valence-corrected chi connectivity index (χ2v) is 5.99. The van der Waals surface area contributed by atoms with Crippen molar-refractivity contribution in [2.75, 3.05) is 0 Å². The molecule has 0 heterocycles. The lowest BCUT2D eigenvalue weighted by molar-refractivity contribution is 0.348. The third-order valence-electron chi connectivity index (χ3n) is 4.48. The van der Waals surface area contributed by atoms with Gasteiger partial charge in [-0.2, -0.15) is 0 Å². The van der Waals surface area contributed by atoms with Crippen LogP contribution in [0.5, 0.6) is 0 Å². The Morgan fingerprint density at radius 1 is 1.15 bits per heavy atom. The summed E-state index contributed by atoms with van der Waals surface area (Å²) in [7, 11) is 0. The summed E-state index contributed by atoms with van der Waals surface area (Å²) in [5.74, 6) is 0.369. The molecule has 2 aromatic rings. The first kappa shape index (κ1) is 13.3. The van der Waals surface area contributed by atoms with Gasteiger partial charge in [0.15, 0.2) is 0 Å². The molecule has 2 atom stereocenters. The zero-order chi connectivity index (χ0) is 14.2. The normalized spacial score (nSPS) is 25.2. The second-order valence-electron chi connectivity index (χ2n) is 5.99. The first-order valence-corrected chi connectivity index (χ1v) is 7.21. The van der Waals surface area contributed by atoms with E-state index in [1.54, 1.807) is 0 Å². The van der Waals surface area contributed by atoms with Crippen LogP contribution in [0.2, 0.25) is 0 Å². The van der Waals surface area contributed by atoms with Crippen LogP contribution in [-0.4, -0.2) is 0 Å². The maximum absolute atomic E-state index is 13.0. The number of halogens is 1. The van der Waals surface area contributed by atoms with Gasteiger partial charge in [-0.1, -0.05) is 43.3 Å². The molecule has 0 saturated carbocycles. The highest BCUT2D eigenvalue weighted by molar-refractivity contribution is 5.39. The third-order valence-corrected chi connectivity index (χ3v) is 4.48. The second kappa shape index (κ2) is 5.02. The van der Waals surface area contributed by atoms with E-state index in [1.807, 2.05) is 12.1 Å². The van der Waals surface area contributed by atoms with E-state index in [1.165, 1.54) is 23.3 Å². The lowest BCUT2D eigenvalue weighted by Gasteiger charge is -2.38. The SMILES string of the molecule is CC1CCC(N)(Cc2ccc(F)cc2)c2ccccc21. The largest absolute Gasteiger partial charge is 0.321 e. The van der Waals surface area contributed by atoms with Crippen molar-refractivity contribution in [3.63, 3.8) is 0 Å². The molecule has 0 spiro atoms. The molecule has 0 aromatic heterocycles. The van der Waals surface area contributed by atoms with E-state index in [-0.39, 0.29) is 11.4 Å². The summed E-state index contributed by atoms with van der Waals surface area (Å²) in [6.07, 6.45) is 2.84. The topological polar surface area (TPSA) is 26.0 Å². The van der Waals surface area contributed by atoms with Crippen molar-refractivity contribution in [1.29, 1.82) is 0 Å². The molecule has 0 aliphatic heterocycles. The minimum absolute atomic E-state index is 0.197. The highest BCUT2D eigenvalue weighted by atomic mass is 19.1. The summed E-state index contributed by atoms with van der Waals surface area (Å²) in [6, 6.07) is 15.2. The molecule has 0 amide bonds. The molecule has 0 radical (unpaired) electrons. The van der Waals surface area contributed by atoms with Gasteiger partial charge in [0.2, 0.25) is 0 Å². The van der Waals surface area contributed by atoms with Crippen LogP contribution in [0.15, 0.2) is 48.5 Å². The van der Waals surface area contributed by atoms with Gasteiger partial charge in [0.25, 0.3) is 0 Å². The van der Waals surface area contributed by atoms with Gasteiger partial charge in [-0.3, -0.25) is 0 Å². The molecule has 1 aliphatic carbocycles. The summed E-state index contributed by atoms with van der Waals surface area (Å²) in [4.78, 5) is 0. The Morgan fingerprint density at radius 2 is 1.85 bits per heavy atom. The van der Waals surface area contributed by atoms with Crippen molar-refractivity contribution in [2.24, 2.45) is 5.73 Å². The standard InChI is InChI=1S/C18H20FN/c1-13-10-11-18(20,17-5-3-2-4-16(13)17)12-14-6-8-15(19)9-7-14/h2-9,13H,10-12,20H2,1H3. The summed E-state index contributed by atoms with van der Waals surface area (Å²) < 4.78 is 13.0. The van der Waals surface area contributed by atoms with Gasteiger partial charge in [0.05, 0.1) is 0 Å². The molecule has 104 valence electrons. The molecule has 1 nitrogen and oxygen atoms in total. The highest BCUT2D eigenvalue weighted by Crippen LogP contribution is 2.41. The fourth-order valence-electron chi connectivity index (χ4n) is 3.29. The van der Waals surface area contributed by atoms with Crippen LogP contribution in [0.3, 0.4) is 0 Å². The highest BCUT2D eigenvalue weighted by Gasteiger charge is 2.35. The smallest absolute Gasteiger partial charge is 0.123 e. The maximum Gasteiger partial charge on any atom is 0.123 e. The van der Waals surface area contributed by atoms with E-state index in [0.29, 0.717) is 5.92 Å². The first-order chi connectivity index (χ1) is 9.58. The van der Waals surface area contributed by atoms with Crippen LogP contribution >= 0.6 is 0 Å².